The van der Waals surface area contributed by atoms with E-state index in [0.29, 0.717) is 17.9 Å². The summed E-state index contributed by atoms with van der Waals surface area (Å²) in [5, 5.41) is 6.20. The van der Waals surface area contributed by atoms with Gasteiger partial charge in [-0.15, -0.1) is 0 Å². The van der Waals surface area contributed by atoms with Crippen LogP contribution in [0.3, 0.4) is 0 Å². The minimum Gasteiger partial charge on any atom is -0.494 e. The Labute approximate surface area is 210 Å². The maximum atomic E-state index is 12.4. The van der Waals surface area contributed by atoms with E-state index in [4.69, 9.17) is 9.47 Å². The largest absolute Gasteiger partial charge is 0.494 e. The predicted molar refractivity (Wildman–Crippen MR) is 142 cm³/mol. The summed E-state index contributed by atoms with van der Waals surface area (Å²) in [6, 6.07) is 27.7. The standard InChI is InChI=1S/C30H28N2O4/c1-2-3-19-35-26-17-13-24(14-18-26)30(34)36-27-15-11-22(12-16-27)21-31-32-29(33)20-25-9-6-8-23-7-4-5-10-28(23)25/h4-18,21H,2-3,19-20H2,1H3,(H,32,33). The van der Waals surface area contributed by atoms with E-state index in [1.165, 1.54) is 0 Å². The molecule has 6 nitrogen and oxygen atoms in total. The minimum atomic E-state index is -0.447. The molecule has 0 heterocycles. The average molecular weight is 481 g/mol. The van der Waals surface area contributed by atoms with Crippen molar-refractivity contribution in [1.29, 1.82) is 0 Å². The monoisotopic (exact) mass is 480 g/mol. The maximum absolute atomic E-state index is 12.4. The van der Waals surface area contributed by atoms with Crippen LogP contribution < -0.4 is 14.9 Å². The highest BCUT2D eigenvalue weighted by atomic mass is 16.5. The van der Waals surface area contributed by atoms with E-state index in [2.05, 4.69) is 17.5 Å². The number of hydrogen-bond acceptors (Lipinski definition) is 5. The molecule has 1 amide bonds. The quantitative estimate of drug-likeness (QED) is 0.100. The number of carbonyl (C=O) groups excluding carboxylic acids is 2. The molecule has 0 fully saturated rings. The number of rotatable bonds is 10. The molecule has 0 saturated heterocycles. The fourth-order valence-corrected chi connectivity index (χ4v) is 3.65. The molecule has 0 atom stereocenters. The Morgan fingerprint density at radius 3 is 2.36 bits per heavy atom. The first kappa shape index (κ1) is 24.7. The Bertz CT molecular complexity index is 1340. The topological polar surface area (TPSA) is 77.0 Å². The lowest BCUT2D eigenvalue weighted by atomic mass is 10.0. The Balaban J connectivity index is 1.27. The van der Waals surface area contributed by atoms with Crippen molar-refractivity contribution in [2.24, 2.45) is 5.10 Å². The highest BCUT2D eigenvalue weighted by molar-refractivity contribution is 5.92. The molecule has 0 aliphatic heterocycles. The van der Waals surface area contributed by atoms with Gasteiger partial charge in [0.05, 0.1) is 24.8 Å². The minimum absolute atomic E-state index is 0.199. The molecular formula is C30H28N2O4. The Morgan fingerprint density at radius 2 is 1.58 bits per heavy atom. The second-order valence-corrected chi connectivity index (χ2v) is 8.29. The molecule has 0 unspecified atom stereocenters. The summed E-state index contributed by atoms with van der Waals surface area (Å²) in [4.78, 5) is 24.8. The van der Waals surface area contributed by atoms with Gasteiger partial charge in [-0.2, -0.15) is 5.10 Å². The first-order valence-electron chi connectivity index (χ1n) is 12.0. The van der Waals surface area contributed by atoms with Gasteiger partial charge in [-0.1, -0.05) is 55.8 Å². The van der Waals surface area contributed by atoms with Crippen molar-refractivity contribution in [3.05, 3.63) is 108 Å². The summed E-state index contributed by atoms with van der Waals surface area (Å²) >= 11 is 0. The number of unbranched alkanes of at least 4 members (excludes halogenated alkanes) is 1. The third-order valence-corrected chi connectivity index (χ3v) is 5.58. The molecule has 6 heteroatoms. The van der Waals surface area contributed by atoms with Crippen LogP contribution in [0.2, 0.25) is 0 Å². The predicted octanol–water partition coefficient (Wildman–Crippen LogP) is 5.93. The average Bonchev–Trinajstić information content (AvgIpc) is 2.90. The van der Waals surface area contributed by atoms with Gasteiger partial charge in [-0.05, 0) is 76.9 Å². The van der Waals surface area contributed by atoms with Crippen LogP contribution in [0.25, 0.3) is 10.8 Å². The van der Waals surface area contributed by atoms with Gasteiger partial charge in [-0.25, -0.2) is 10.2 Å². The number of fused-ring (bicyclic) bond motifs is 1. The molecule has 1 N–H and O–H groups in total. The number of amides is 1. The molecule has 4 aromatic carbocycles. The number of carbonyl (C=O) groups is 2. The van der Waals surface area contributed by atoms with Gasteiger partial charge in [0.15, 0.2) is 0 Å². The van der Waals surface area contributed by atoms with E-state index in [-0.39, 0.29) is 12.3 Å². The lowest BCUT2D eigenvalue weighted by Gasteiger charge is -2.07. The Morgan fingerprint density at radius 1 is 0.861 bits per heavy atom. The number of esters is 1. The highest BCUT2D eigenvalue weighted by Crippen LogP contribution is 2.19. The highest BCUT2D eigenvalue weighted by Gasteiger charge is 2.09. The van der Waals surface area contributed by atoms with Gasteiger partial charge in [0.25, 0.3) is 0 Å². The molecule has 36 heavy (non-hydrogen) atoms. The first-order chi connectivity index (χ1) is 17.6. The van der Waals surface area contributed by atoms with Gasteiger partial charge in [0, 0.05) is 0 Å². The summed E-state index contributed by atoms with van der Waals surface area (Å²) in [6.07, 6.45) is 3.83. The summed E-state index contributed by atoms with van der Waals surface area (Å²) in [7, 11) is 0. The van der Waals surface area contributed by atoms with Gasteiger partial charge < -0.3 is 9.47 Å². The lowest BCUT2D eigenvalue weighted by Crippen LogP contribution is -2.19. The molecule has 0 spiro atoms. The zero-order chi connectivity index (χ0) is 25.2. The van der Waals surface area contributed by atoms with Crippen molar-refractivity contribution in [2.45, 2.75) is 26.2 Å². The number of ether oxygens (including phenoxy) is 2. The molecule has 4 aromatic rings. The molecule has 0 saturated carbocycles. The lowest BCUT2D eigenvalue weighted by molar-refractivity contribution is -0.120. The molecule has 0 bridgehead atoms. The fourth-order valence-electron chi connectivity index (χ4n) is 3.65. The molecule has 4 rings (SSSR count). The first-order valence-corrected chi connectivity index (χ1v) is 12.0. The van der Waals surface area contributed by atoms with Crippen molar-refractivity contribution in [1.82, 2.24) is 5.43 Å². The number of hydrazone groups is 1. The van der Waals surface area contributed by atoms with Crippen LogP contribution >= 0.6 is 0 Å². The van der Waals surface area contributed by atoms with E-state index < -0.39 is 5.97 Å². The third-order valence-electron chi connectivity index (χ3n) is 5.58. The smallest absolute Gasteiger partial charge is 0.343 e. The van der Waals surface area contributed by atoms with Crippen molar-refractivity contribution in [2.75, 3.05) is 6.61 Å². The SMILES string of the molecule is CCCCOc1ccc(C(=O)Oc2ccc(C=NNC(=O)Cc3cccc4ccccc34)cc2)cc1. The van der Waals surface area contributed by atoms with Crippen molar-refractivity contribution < 1.29 is 19.1 Å². The molecule has 0 aliphatic rings. The van der Waals surface area contributed by atoms with Gasteiger partial charge in [-0.3, -0.25) is 4.79 Å². The fraction of sp³-hybridized carbons (Fsp3) is 0.167. The molecule has 0 aromatic heterocycles. The second kappa shape index (κ2) is 12.3. The van der Waals surface area contributed by atoms with Gasteiger partial charge >= 0.3 is 5.97 Å². The van der Waals surface area contributed by atoms with Crippen LogP contribution in [0.1, 0.15) is 41.3 Å². The van der Waals surface area contributed by atoms with Crippen molar-refractivity contribution in [3.8, 4) is 11.5 Å². The van der Waals surface area contributed by atoms with Crippen molar-refractivity contribution in [3.63, 3.8) is 0 Å². The van der Waals surface area contributed by atoms with Gasteiger partial charge in [0.1, 0.15) is 11.5 Å². The number of hydrogen-bond donors (Lipinski definition) is 1. The number of benzene rings is 4. The second-order valence-electron chi connectivity index (χ2n) is 8.29. The van der Waals surface area contributed by atoms with Crippen LogP contribution in [0.4, 0.5) is 0 Å². The van der Waals surface area contributed by atoms with E-state index in [0.717, 1.165) is 40.5 Å². The molecule has 0 radical (unpaired) electrons. The van der Waals surface area contributed by atoms with E-state index >= 15 is 0 Å². The Hall–Kier alpha value is -4.45. The van der Waals surface area contributed by atoms with Crippen LogP contribution in [-0.4, -0.2) is 24.7 Å². The van der Waals surface area contributed by atoms with Crippen LogP contribution in [-0.2, 0) is 11.2 Å². The van der Waals surface area contributed by atoms with E-state index in [1.54, 1.807) is 54.7 Å². The van der Waals surface area contributed by atoms with Crippen LogP contribution in [0, 0.1) is 0 Å². The van der Waals surface area contributed by atoms with Gasteiger partial charge in [0.2, 0.25) is 5.91 Å². The summed E-state index contributed by atoms with van der Waals surface area (Å²) < 4.78 is 11.1. The zero-order valence-corrected chi connectivity index (χ0v) is 20.1. The zero-order valence-electron chi connectivity index (χ0n) is 20.1. The van der Waals surface area contributed by atoms with E-state index in [1.807, 2.05) is 42.5 Å². The Kier molecular flexibility index (Phi) is 8.44. The normalized spacial score (nSPS) is 10.9. The van der Waals surface area contributed by atoms with Crippen molar-refractivity contribution >= 4 is 28.9 Å². The summed E-state index contributed by atoms with van der Waals surface area (Å²) in [6.45, 7) is 2.76. The molecule has 0 aliphatic carbocycles. The molecular weight excluding hydrogens is 452 g/mol. The number of nitrogens with one attached hydrogen (secondary N) is 1. The van der Waals surface area contributed by atoms with Crippen LogP contribution in [0.5, 0.6) is 11.5 Å². The third kappa shape index (κ3) is 6.79. The van der Waals surface area contributed by atoms with E-state index in [9.17, 15) is 9.59 Å². The number of nitrogens with zero attached hydrogens (tertiary/aromatic N) is 1. The summed E-state index contributed by atoms with van der Waals surface area (Å²) in [5.41, 5.74) is 4.72. The molecule has 182 valence electrons. The maximum Gasteiger partial charge on any atom is 0.343 e. The summed E-state index contributed by atoms with van der Waals surface area (Å²) in [5.74, 6) is 0.500. The van der Waals surface area contributed by atoms with Crippen LogP contribution in [0.15, 0.2) is 96.1 Å².